The maximum atomic E-state index is 12.3. The molecule has 1 aromatic carbocycles. The van der Waals surface area contributed by atoms with Gasteiger partial charge in [-0.15, -0.1) is 0 Å². The largest absolute Gasteiger partial charge is 0.464 e. The summed E-state index contributed by atoms with van der Waals surface area (Å²) in [7, 11) is 2.74. The fraction of sp³-hybridized carbons (Fsp3) is 0.250. The summed E-state index contributed by atoms with van der Waals surface area (Å²) in [5, 5.41) is 7.90. The molecule has 0 amide bonds. The van der Waals surface area contributed by atoms with Crippen LogP contribution in [0.25, 0.3) is 0 Å². The number of ether oxygens (including phenoxy) is 1. The maximum absolute atomic E-state index is 12.3. The van der Waals surface area contributed by atoms with Gasteiger partial charge in [-0.25, -0.2) is 9.48 Å². The van der Waals surface area contributed by atoms with Crippen LogP contribution in [-0.2, 0) is 16.6 Å². The molecule has 0 radical (unpaired) electrons. The van der Waals surface area contributed by atoms with Gasteiger partial charge in [0.1, 0.15) is 0 Å². The predicted molar refractivity (Wildman–Crippen MR) is 82.2 cm³/mol. The first-order valence-electron chi connectivity index (χ1n) is 7.05. The van der Waals surface area contributed by atoms with Crippen molar-refractivity contribution in [2.45, 2.75) is 12.5 Å². The molecular weight excluding hydrogens is 298 g/mol. The Hall–Kier alpha value is -2.96. The van der Waals surface area contributed by atoms with Gasteiger partial charge in [0.15, 0.2) is 11.8 Å². The van der Waals surface area contributed by atoms with Crippen LogP contribution >= 0.6 is 0 Å². The van der Waals surface area contributed by atoms with Crippen molar-refractivity contribution >= 4 is 11.7 Å². The summed E-state index contributed by atoms with van der Waals surface area (Å²) < 4.78 is 5.75. The van der Waals surface area contributed by atoms with Gasteiger partial charge in [-0.05, 0) is 11.6 Å². The van der Waals surface area contributed by atoms with Gasteiger partial charge in [-0.2, -0.15) is 5.10 Å². The van der Waals surface area contributed by atoms with Crippen LogP contribution in [0.1, 0.15) is 34.1 Å². The number of hydrogen-bond donors (Lipinski definition) is 0. The van der Waals surface area contributed by atoms with E-state index < -0.39 is 5.97 Å². The second-order valence-electron chi connectivity index (χ2n) is 5.11. The summed E-state index contributed by atoms with van der Waals surface area (Å²) in [5.41, 5.74) is 1.47. The summed E-state index contributed by atoms with van der Waals surface area (Å²) in [6.07, 6.45) is 0.204. The van der Waals surface area contributed by atoms with Gasteiger partial charge in [-0.1, -0.05) is 35.5 Å². The standard InChI is InChI=1S/C16H15N3O4/c1-19-15(20)11(8-13(17-19)16(21)22-2)12-9-14(23-18-12)10-6-4-3-5-7-10/h3-8,14H,9H2,1-2H3/t14-/m0/s1. The average molecular weight is 313 g/mol. The van der Waals surface area contributed by atoms with Crippen LogP contribution in [0.3, 0.4) is 0 Å². The van der Waals surface area contributed by atoms with Gasteiger partial charge < -0.3 is 9.57 Å². The number of hydrogen-bond acceptors (Lipinski definition) is 6. The van der Waals surface area contributed by atoms with Crippen molar-refractivity contribution in [2.24, 2.45) is 12.2 Å². The van der Waals surface area contributed by atoms with Gasteiger partial charge in [0.2, 0.25) is 0 Å². The lowest BCUT2D eigenvalue weighted by molar-refractivity contribution is 0.0591. The highest BCUT2D eigenvalue weighted by molar-refractivity contribution is 6.02. The number of carbonyl (C=O) groups excluding carboxylic acids is 1. The number of benzene rings is 1. The van der Waals surface area contributed by atoms with E-state index in [1.807, 2.05) is 30.3 Å². The van der Waals surface area contributed by atoms with Crippen LogP contribution in [0.4, 0.5) is 0 Å². The highest BCUT2D eigenvalue weighted by Gasteiger charge is 2.27. The molecule has 2 heterocycles. The Kier molecular flexibility index (Phi) is 3.92. The third-order valence-corrected chi connectivity index (χ3v) is 3.61. The van der Waals surface area contributed by atoms with Gasteiger partial charge >= 0.3 is 5.97 Å². The minimum Gasteiger partial charge on any atom is -0.464 e. The molecule has 0 saturated carbocycles. The van der Waals surface area contributed by atoms with Crippen LogP contribution in [-0.4, -0.2) is 28.6 Å². The smallest absolute Gasteiger partial charge is 0.358 e. The number of rotatable bonds is 3. The second-order valence-corrected chi connectivity index (χ2v) is 5.11. The number of carbonyl (C=O) groups is 1. The molecular formula is C16H15N3O4. The Morgan fingerprint density at radius 3 is 2.78 bits per heavy atom. The SMILES string of the molecule is COC(=O)c1cc(C2=NO[C@H](c3ccccc3)C2)c(=O)n(C)n1. The molecule has 1 aromatic heterocycles. The minimum absolute atomic E-state index is 0.0514. The van der Waals surface area contributed by atoms with Crippen molar-refractivity contribution < 1.29 is 14.4 Å². The fourth-order valence-corrected chi connectivity index (χ4v) is 2.40. The first kappa shape index (κ1) is 15.0. The molecule has 1 atom stereocenters. The van der Waals surface area contributed by atoms with Crippen molar-refractivity contribution in [1.29, 1.82) is 0 Å². The number of methoxy groups -OCH3 is 1. The highest BCUT2D eigenvalue weighted by Crippen LogP contribution is 2.28. The number of esters is 1. The second kappa shape index (κ2) is 6.04. The maximum Gasteiger partial charge on any atom is 0.358 e. The molecule has 118 valence electrons. The topological polar surface area (TPSA) is 82.8 Å². The van der Waals surface area contributed by atoms with Crippen LogP contribution in [0.2, 0.25) is 0 Å². The van der Waals surface area contributed by atoms with E-state index >= 15 is 0 Å². The van der Waals surface area contributed by atoms with Crippen LogP contribution < -0.4 is 5.56 Å². The average Bonchev–Trinajstić information content (AvgIpc) is 3.07. The van der Waals surface area contributed by atoms with E-state index in [9.17, 15) is 9.59 Å². The molecule has 7 nitrogen and oxygen atoms in total. The summed E-state index contributed by atoms with van der Waals surface area (Å²) >= 11 is 0. The zero-order valence-corrected chi connectivity index (χ0v) is 12.7. The van der Waals surface area contributed by atoms with Crippen molar-refractivity contribution in [3.63, 3.8) is 0 Å². The molecule has 1 aliphatic rings. The molecule has 0 N–H and O–H groups in total. The van der Waals surface area contributed by atoms with Gasteiger partial charge in [0, 0.05) is 13.5 Å². The lowest BCUT2D eigenvalue weighted by atomic mass is 10.0. The summed E-state index contributed by atoms with van der Waals surface area (Å²) in [4.78, 5) is 29.4. The molecule has 3 rings (SSSR count). The highest BCUT2D eigenvalue weighted by atomic mass is 16.6. The van der Waals surface area contributed by atoms with Crippen LogP contribution in [0.15, 0.2) is 46.3 Å². The monoisotopic (exact) mass is 313 g/mol. The Bertz CT molecular complexity index is 827. The summed E-state index contributed by atoms with van der Waals surface area (Å²) in [5.74, 6) is -0.610. The summed E-state index contributed by atoms with van der Waals surface area (Å²) in [6, 6.07) is 11.0. The van der Waals surface area contributed by atoms with Crippen molar-refractivity contribution in [3.8, 4) is 0 Å². The Labute approximate surface area is 132 Å². The molecule has 0 spiro atoms. The third-order valence-electron chi connectivity index (χ3n) is 3.61. The lowest BCUT2D eigenvalue weighted by Gasteiger charge is -2.08. The Morgan fingerprint density at radius 1 is 1.35 bits per heavy atom. The molecule has 0 fully saturated rings. The Morgan fingerprint density at radius 2 is 2.09 bits per heavy atom. The fourth-order valence-electron chi connectivity index (χ4n) is 2.40. The van der Waals surface area contributed by atoms with Crippen LogP contribution in [0.5, 0.6) is 0 Å². The normalized spacial score (nSPS) is 16.6. The van der Waals surface area contributed by atoms with E-state index in [-0.39, 0.29) is 17.4 Å². The number of nitrogens with zero attached hydrogens (tertiary/aromatic N) is 3. The van der Waals surface area contributed by atoms with Crippen molar-refractivity contribution in [2.75, 3.05) is 7.11 Å². The van der Waals surface area contributed by atoms with Gasteiger partial charge in [0.25, 0.3) is 5.56 Å². The van der Waals surface area contributed by atoms with E-state index in [1.54, 1.807) is 0 Å². The number of oxime groups is 1. The Balaban J connectivity index is 1.92. The van der Waals surface area contributed by atoms with E-state index in [4.69, 9.17) is 4.84 Å². The lowest BCUT2D eigenvalue weighted by Crippen LogP contribution is -2.28. The molecule has 0 saturated heterocycles. The summed E-state index contributed by atoms with van der Waals surface area (Å²) in [6.45, 7) is 0. The first-order chi connectivity index (χ1) is 11.1. The predicted octanol–water partition coefficient (Wildman–Crippen LogP) is 1.43. The molecule has 0 unspecified atom stereocenters. The third kappa shape index (κ3) is 2.85. The number of aryl methyl sites for hydroxylation is 1. The van der Waals surface area contributed by atoms with Crippen molar-refractivity contribution in [3.05, 3.63) is 63.6 Å². The molecule has 1 aliphatic heterocycles. The zero-order valence-electron chi connectivity index (χ0n) is 12.7. The van der Waals surface area contributed by atoms with E-state index in [0.29, 0.717) is 17.7 Å². The number of aromatic nitrogens is 2. The van der Waals surface area contributed by atoms with Crippen LogP contribution in [0, 0.1) is 0 Å². The molecule has 23 heavy (non-hydrogen) atoms. The van der Waals surface area contributed by atoms with Gasteiger partial charge in [-0.3, -0.25) is 4.79 Å². The van der Waals surface area contributed by atoms with E-state index in [1.165, 1.54) is 20.2 Å². The zero-order chi connectivity index (χ0) is 16.4. The minimum atomic E-state index is -0.610. The quantitative estimate of drug-likeness (QED) is 0.801. The van der Waals surface area contributed by atoms with E-state index in [0.717, 1.165) is 10.2 Å². The molecule has 0 bridgehead atoms. The first-order valence-corrected chi connectivity index (χ1v) is 7.05. The molecule has 7 heteroatoms. The molecule has 2 aromatic rings. The van der Waals surface area contributed by atoms with Gasteiger partial charge in [0.05, 0.1) is 18.4 Å². The van der Waals surface area contributed by atoms with E-state index in [2.05, 4.69) is 15.0 Å². The molecule has 0 aliphatic carbocycles. The van der Waals surface area contributed by atoms with Crippen molar-refractivity contribution in [1.82, 2.24) is 9.78 Å².